The monoisotopic (exact) mass is 184 g/mol. The van der Waals surface area contributed by atoms with Gasteiger partial charge in [-0.1, -0.05) is 13.5 Å². The van der Waals surface area contributed by atoms with Gasteiger partial charge in [0.25, 0.3) is 0 Å². The van der Waals surface area contributed by atoms with Crippen molar-refractivity contribution >= 4 is 23.7 Å². The Labute approximate surface area is 93.6 Å². The first-order valence-electron chi connectivity index (χ1n) is 2.59. The number of carbonyl (C=O) groups is 2. The van der Waals surface area contributed by atoms with E-state index in [1.165, 1.54) is 0 Å². The van der Waals surface area contributed by atoms with E-state index in [1.807, 2.05) is 0 Å². The molecule has 58 valence electrons. The summed E-state index contributed by atoms with van der Waals surface area (Å²) in [5.74, 6) is -0.745. The van der Waals surface area contributed by atoms with E-state index in [0.29, 0.717) is 0 Å². The molecular weight excluding hydrogens is 175 g/mol. The summed E-state index contributed by atoms with van der Waals surface area (Å²) in [7, 11) is 0. The number of aliphatic carboxylic acids is 1. The van der Waals surface area contributed by atoms with Gasteiger partial charge in [0, 0.05) is 11.5 Å². The number of hydrogen-bond acceptors (Lipinski definition) is 3. The number of carboxylic acids is 1. The van der Waals surface area contributed by atoms with Crippen LogP contribution in [-0.2, 0) is 22.2 Å². The van der Waals surface area contributed by atoms with E-state index in [2.05, 4.69) is 19.2 Å². The molecule has 5 heteroatoms. The molecule has 0 atom stereocenters. The molecule has 0 saturated carbocycles. The SMILES string of the molecule is C=CC(=O)[S-].CCC(=O)O.[Na+]. The summed E-state index contributed by atoms with van der Waals surface area (Å²) < 4.78 is 0. The fourth-order valence-corrected chi connectivity index (χ4v) is 0. The van der Waals surface area contributed by atoms with Crippen LogP contribution in [0.4, 0.5) is 0 Å². The van der Waals surface area contributed by atoms with Gasteiger partial charge in [0.05, 0.1) is 0 Å². The van der Waals surface area contributed by atoms with E-state index in [9.17, 15) is 9.59 Å². The number of hydrogen-bond donors (Lipinski definition) is 1. The summed E-state index contributed by atoms with van der Waals surface area (Å²) in [4.78, 5) is 18.9. The smallest absolute Gasteiger partial charge is 0.737 e. The molecule has 0 heterocycles. The van der Waals surface area contributed by atoms with Gasteiger partial charge in [0.15, 0.2) is 0 Å². The van der Waals surface area contributed by atoms with Crippen molar-refractivity contribution in [1.29, 1.82) is 0 Å². The molecule has 0 spiro atoms. The fourth-order valence-electron chi connectivity index (χ4n) is 0. The molecule has 0 aromatic carbocycles. The van der Waals surface area contributed by atoms with Gasteiger partial charge in [-0.05, 0) is 6.08 Å². The molecule has 0 aromatic heterocycles. The molecule has 0 amide bonds. The second-order valence-corrected chi connectivity index (χ2v) is 1.67. The summed E-state index contributed by atoms with van der Waals surface area (Å²) >= 11 is 4.02. The molecule has 0 fully saturated rings. The van der Waals surface area contributed by atoms with Crippen molar-refractivity contribution in [2.75, 3.05) is 0 Å². The Morgan fingerprint density at radius 2 is 1.82 bits per heavy atom. The summed E-state index contributed by atoms with van der Waals surface area (Å²) in [6.45, 7) is 4.71. The van der Waals surface area contributed by atoms with Crippen molar-refractivity contribution < 1.29 is 44.3 Å². The molecule has 0 rings (SSSR count). The van der Waals surface area contributed by atoms with Crippen LogP contribution < -0.4 is 29.6 Å². The van der Waals surface area contributed by atoms with E-state index in [0.717, 1.165) is 6.08 Å². The minimum atomic E-state index is -0.745. The average Bonchev–Trinajstić information content (AvgIpc) is 1.89. The van der Waals surface area contributed by atoms with Crippen LogP contribution in [0, 0.1) is 0 Å². The van der Waals surface area contributed by atoms with E-state index >= 15 is 0 Å². The summed E-state index contributed by atoms with van der Waals surface area (Å²) in [6.07, 6.45) is 1.31. The zero-order valence-corrected chi connectivity index (χ0v) is 9.48. The normalized spacial score (nSPS) is 6.27. The Balaban J connectivity index is -0.000000107. The first kappa shape index (κ1) is 17.3. The minimum absolute atomic E-state index is 0. The predicted octanol–water partition coefficient (Wildman–Crippen LogP) is -2.27. The summed E-state index contributed by atoms with van der Waals surface area (Å²) in [5.41, 5.74) is 0. The average molecular weight is 184 g/mol. The third kappa shape index (κ3) is 39.4. The third-order valence-electron chi connectivity index (χ3n) is 0.469. The molecule has 0 aromatic rings. The van der Waals surface area contributed by atoms with Crippen LogP contribution in [0.25, 0.3) is 0 Å². The molecule has 0 unspecified atom stereocenters. The van der Waals surface area contributed by atoms with Crippen molar-refractivity contribution in [1.82, 2.24) is 0 Å². The van der Waals surface area contributed by atoms with Gasteiger partial charge in [0.2, 0.25) is 0 Å². The zero-order valence-electron chi connectivity index (χ0n) is 6.66. The first-order valence-corrected chi connectivity index (χ1v) is 3.00. The fraction of sp³-hybridized carbons (Fsp3) is 0.333. The topological polar surface area (TPSA) is 54.4 Å². The molecule has 11 heavy (non-hydrogen) atoms. The van der Waals surface area contributed by atoms with Crippen LogP contribution in [-0.4, -0.2) is 16.2 Å². The van der Waals surface area contributed by atoms with Gasteiger partial charge in [-0.25, -0.2) is 0 Å². The Bertz CT molecular complexity index is 136. The van der Waals surface area contributed by atoms with E-state index in [1.54, 1.807) is 6.92 Å². The third-order valence-corrected chi connectivity index (χ3v) is 0.636. The molecule has 0 aliphatic carbocycles. The van der Waals surface area contributed by atoms with Crippen molar-refractivity contribution in [3.05, 3.63) is 12.7 Å². The van der Waals surface area contributed by atoms with Crippen LogP contribution in [0.15, 0.2) is 12.7 Å². The van der Waals surface area contributed by atoms with Crippen LogP contribution in [0.2, 0.25) is 0 Å². The van der Waals surface area contributed by atoms with E-state index in [-0.39, 0.29) is 36.0 Å². The molecular formula is C6H9NaO3S. The standard InChI is InChI=1S/C3H6O2.C3H4OS.Na/c2*1-2-3(4)5;/h2H2,1H3,(H,4,5);2H,1H2,(H,4,5);/q;;+1/p-1. The van der Waals surface area contributed by atoms with Crippen molar-refractivity contribution in [3.8, 4) is 0 Å². The van der Waals surface area contributed by atoms with Crippen LogP contribution in [0.1, 0.15) is 13.3 Å². The Kier molecular flexibility index (Phi) is 20.0. The van der Waals surface area contributed by atoms with Gasteiger partial charge < -0.3 is 22.5 Å². The van der Waals surface area contributed by atoms with Crippen LogP contribution in [0.5, 0.6) is 0 Å². The molecule has 1 N–H and O–H groups in total. The molecule has 0 saturated heterocycles. The van der Waals surface area contributed by atoms with Crippen molar-refractivity contribution in [2.24, 2.45) is 0 Å². The largest absolute Gasteiger partial charge is 1.00 e. The quantitative estimate of drug-likeness (QED) is 0.299. The first-order chi connectivity index (χ1) is 4.54. The molecule has 0 aliphatic rings. The maximum atomic E-state index is 9.51. The van der Waals surface area contributed by atoms with E-state index < -0.39 is 11.1 Å². The van der Waals surface area contributed by atoms with Gasteiger partial charge in [-0.2, -0.15) is 0 Å². The number of carboxylic acid groups (broad SMARTS) is 1. The van der Waals surface area contributed by atoms with Gasteiger partial charge >= 0.3 is 35.5 Å². The Hall–Kier alpha value is 0.1000. The van der Waals surface area contributed by atoms with Gasteiger partial charge in [-0.15, -0.1) is 0 Å². The number of rotatable bonds is 2. The zero-order chi connectivity index (χ0) is 8.57. The van der Waals surface area contributed by atoms with Crippen LogP contribution in [0.3, 0.4) is 0 Å². The summed E-state index contributed by atoms with van der Waals surface area (Å²) in [5, 5.41) is 7.32. The minimum Gasteiger partial charge on any atom is -0.737 e. The van der Waals surface area contributed by atoms with Crippen molar-refractivity contribution in [3.63, 3.8) is 0 Å². The van der Waals surface area contributed by atoms with Crippen molar-refractivity contribution in [2.45, 2.75) is 13.3 Å². The number of carbonyl (C=O) groups excluding carboxylic acids is 1. The molecule has 0 aliphatic heterocycles. The van der Waals surface area contributed by atoms with Gasteiger partial charge in [-0.3, -0.25) is 4.79 Å². The maximum Gasteiger partial charge on any atom is 1.00 e. The molecule has 0 radical (unpaired) electrons. The molecule has 0 bridgehead atoms. The Morgan fingerprint density at radius 3 is 1.82 bits per heavy atom. The molecule has 3 nitrogen and oxygen atoms in total. The van der Waals surface area contributed by atoms with Crippen LogP contribution >= 0.6 is 0 Å². The Morgan fingerprint density at radius 1 is 1.64 bits per heavy atom. The van der Waals surface area contributed by atoms with E-state index in [4.69, 9.17) is 5.11 Å². The maximum absolute atomic E-state index is 9.51. The van der Waals surface area contributed by atoms with Gasteiger partial charge in [0.1, 0.15) is 0 Å². The summed E-state index contributed by atoms with van der Waals surface area (Å²) in [6, 6.07) is 0. The second kappa shape index (κ2) is 12.7. The second-order valence-electron chi connectivity index (χ2n) is 1.27. The predicted molar refractivity (Wildman–Crippen MR) is 40.5 cm³/mol.